The summed E-state index contributed by atoms with van der Waals surface area (Å²) in [5, 5.41) is 0. The molecule has 2 nitrogen and oxygen atoms in total. The lowest BCUT2D eigenvalue weighted by Gasteiger charge is -2.29. The van der Waals surface area contributed by atoms with Crippen LogP contribution in [0.3, 0.4) is 0 Å². The first-order chi connectivity index (χ1) is 35.0. The van der Waals surface area contributed by atoms with E-state index in [4.69, 9.17) is 0 Å². The summed E-state index contributed by atoms with van der Waals surface area (Å²) in [4.78, 5) is 4.85. The number of nitrogens with zero attached hydrogens (tertiary/aromatic N) is 2. The summed E-state index contributed by atoms with van der Waals surface area (Å²) in [7, 11) is 0. The highest BCUT2D eigenvalue weighted by atomic mass is 15.1. The molecule has 348 valence electrons. The highest BCUT2D eigenvalue weighted by Crippen LogP contribution is 2.41. The second-order valence-corrected chi connectivity index (χ2v) is 19.7. The van der Waals surface area contributed by atoms with Crippen LogP contribution in [-0.2, 0) is 32.1 Å². The van der Waals surface area contributed by atoms with Gasteiger partial charge in [-0.05, 0) is 217 Å². The molecule has 0 fully saturated rings. The van der Waals surface area contributed by atoms with Crippen molar-refractivity contribution in [2.24, 2.45) is 0 Å². The summed E-state index contributed by atoms with van der Waals surface area (Å²) in [6.45, 7) is 4.32. The Labute approximate surface area is 421 Å². The Morgan fingerprint density at radius 1 is 0.380 bits per heavy atom. The lowest BCUT2D eigenvalue weighted by atomic mass is 9.85. The summed E-state index contributed by atoms with van der Waals surface area (Å²) in [5.41, 5.74) is 25.6. The van der Waals surface area contributed by atoms with Gasteiger partial charge in [0, 0.05) is 34.1 Å². The van der Waals surface area contributed by atoms with E-state index in [2.05, 4.69) is 254 Å². The number of rotatable bonds is 13. The fourth-order valence-electron chi connectivity index (χ4n) is 10.8. The number of anilines is 6. The summed E-state index contributed by atoms with van der Waals surface area (Å²) in [5.74, 6) is 0. The van der Waals surface area contributed by atoms with Gasteiger partial charge in [0.15, 0.2) is 0 Å². The highest BCUT2D eigenvalue weighted by Gasteiger charge is 2.21. The normalized spacial score (nSPS) is 13.4. The Morgan fingerprint density at radius 2 is 0.901 bits per heavy atom. The van der Waals surface area contributed by atoms with Crippen LogP contribution in [-0.4, -0.2) is 0 Å². The van der Waals surface area contributed by atoms with Crippen molar-refractivity contribution in [2.75, 3.05) is 9.80 Å². The molecular formula is C69H62N2. The highest BCUT2D eigenvalue weighted by molar-refractivity contribution is 5.92. The van der Waals surface area contributed by atoms with E-state index in [1.165, 1.54) is 127 Å². The molecule has 0 aliphatic heterocycles. The maximum Gasteiger partial charge on any atom is 0.0467 e. The number of fused-ring (bicyclic) bond motifs is 2. The van der Waals surface area contributed by atoms with Crippen LogP contribution >= 0.6 is 0 Å². The average Bonchev–Trinajstić information content (AvgIpc) is 3.42. The van der Waals surface area contributed by atoms with Gasteiger partial charge in [-0.2, -0.15) is 0 Å². The Morgan fingerprint density at radius 3 is 1.56 bits per heavy atom. The minimum Gasteiger partial charge on any atom is -0.310 e. The van der Waals surface area contributed by atoms with Crippen LogP contribution in [0.2, 0.25) is 0 Å². The lowest BCUT2D eigenvalue weighted by molar-refractivity contribution is 0.680. The van der Waals surface area contributed by atoms with E-state index in [1.807, 2.05) is 0 Å². The van der Waals surface area contributed by atoms with Gasteiger partial charge in [-0.1, -0.05) is 163 Å². The van der Waals surface area contributed by atoms with E-state index < -0.39 is 0 Å². The molecule has 2 aliphatic carbocycles. The van der Waals surface area contributed by atoms with Crippen molar-refractivity contribution >= 4 is 57.9 Å². The number of hydrogen-bond acceptors (Lipinski definition) is 2. The predicted molar refractivity (Wildman–Crippen MR) is 303 cm³/mol. The van der Waals surface area contributed by atoms with Crippen molar-refractivity contribution in [3.63, 3.8) is 0 Å². The Kier molecular flexibility index (Phi) is 13.4. The summed E-state index contributed by atoms with van der Waals surface area (Å²) in [6.07, 6.45) is 17.2. The van der Waals surface area contributed by atoms with E-state index in [0.717, 1.165) is 42.7 Å². The van der Waals surface area contributed by atoms with Gasteiger partial charge in [0.05, 0.1) is 0 Å². The topological polar surface area (TPSA) is 6.48 Å². The van der Waals surface area contributed by atoms with Gasteiger partial charge < -0.3 is 9.80 Å². The monoisotopic (exact) mass is 918 g/mol. The molecule has 0 heterocycles. The Balaban J connectivity index is 0.928. The van der Waals surface area contributed by atoms with Crippen LogP contribution in [0, 0.1) is 13.8 Å². The molecular weight excluding hydrogens is 857 g/mol. The number of benzene rings is 9. The van der Waals surface area contributed by atoms with Gasteiger partial charge in [-0.15, -0.1) is 0 Å². The Bertz CT molecular complexity index is 3320. The van der Waals surface area contributed by atoms with Crippen LogP contribution < -0.4 is 9.80 Å². The van der Waals surface area contributed by atoms with E-state index in [1.54, 1.807) is 0 Å². The van der Waals surface area contributed by atoms with Crippen LogP contribution in [0.1, 0.15) is 98.0 Å². The molecule has 2 heteroatoms. The molecule has 11 rings (SSSR count). The molecule has 0 N–H and O–H groups in total. The molecule has 0 saturated carbocycles. The molecule has 9 aromatic carbocycles. The third-order valence-electron chi connectivity index (χ3n) is 14.5. The number of hydrogen-bond donors (Lipinski definition) is 0. The van der Waals surface area contributed by atoms with Gasteiger partial charge >= 0.3 is 0 Å². The average molecular weight is 919 g/mol. The van der Waals surface area contributed by atoms with E-state index >= 15 is 0 Å². The van der Waals surface area contributed by atoms with Crippen molar-refractivity contribution in [3.8, 4) is 0 Å². The molecule has 0 bridgehead atoms. The first-order valence-electron chi connectivity index (χ1n) is 25.8. The van der Waals surface area contributed by atoms with Crippen LogP contribution in [0.25, 0.3) is 23.8 Å². The first kappa shape index (κ1) is 45.5. The SMILES string of the molecule is Cc1ccc(/C=C\c2ccc(N(c3ccccc3)c3cc4c(c(Cc5cccc(/C(=C\c6ccc(N(c7ccccc7)c7ccc8c(c7)CCCC8)cc6)c6cccc(C)c6)c5)c3)CCCC4)cc2)cc1. The van der Waals surface area contributed by atoms with Crippen molar-refractivity contribution in [1.82, 2.24) is 0 Å². The largest absolute Gasteiger partial charge is 0.310 e. The second kappa shape index (κ2) is 21.0. The molecule has 0 unspecified atom stereocenters. The number of para-hydroxylation sites is 2. The van der Waals surface area contributed by atoms with Gasteiger partial charge in [-0.25, -0.2) is 0 Å². The minimum atomic E-state index is 0.864. The zero-order valence-corrected chi connectivity index (χ0v) is 41.2. The zero-order chi connectivity index (χ0) is 47.9. The van der Waals surface area contributed by atoms with Crippen LogP contribution in [0.15, 0.2) is 212 Å². The molecule has 0 aromatic heterocycles. The molecule has 0 amide bonds. The number of aryl methyl sites for hydroxylation is 5. The smallest absolute Gasteiger partial charge is 0.0467 e. The third kappa shape index (κ3) is 10.5. The van der Waals surface area contributed by atoms with Crippen molar-refractivity contribution in [1.29, 1.82) is 0 Å². The quantitative estimate of drug-likeness (QED) is 0.106. The fourth-order valence-corrected chi connectivity index (χ4v) is 10.8. The molecule has 2 aliphatic rings. The van der Waals surface area contributed by atoms with E-state index in [9.17, 15) is 0 Å². The maximum absolute atomic E-state index is 2.48. The summed E-state index contributed by atoms with van der Waals surface area (Å²) < 4.78 is 0. The first-order valence-corrected chi connectivity index (χ1v) is 25.8. The molecule has 9 aromatic rings. The third-order valence-corrected chi connectivity index (χ3v) is 14.5. The van der Waals surface area contributed by atoms with E-state index in [0.29, 0.717) is 0 Å². The van der Waals surface area contributed by atoms with Gasteiger partial charge in [0.25, 0.3) is 0 Å². The second-order valence-electron chi connectivity index (χ2n) is 19.7. The fraction of sp³-hybridized carbons (Fsp3) is 0.159. The van der Waals surface area contributed by atoms with Gasteiger partial charge in [-0.3, -0.25) is 0 Å². The maximum atomic E-state index is 2.48. The predicted octanol–water partition coefficient (Wildman–Crippen LogP) is 18.4. The van der Waals surface area contributed by atoms with Crippen molar-refractivity contribution in [3.05, 3.63) is 285 Å². The molecule has 71 heavy (non-hydrogen) atoms. The molecule has 0 atom stereocenters. The zero-order valence-electron chi connectivity index (χ0n) is 41.2. The molecule has 0 saturated heterocycles. The van der Waals surface area contributed by atoms with Gasteiger partial charge in [0.1, 0.15) is 0 Å². The lowest BCUT2D eigenvalue weighted by Crippen LogP contribution is -2.14. The molecule has 0 radical (unpaired) electrons. The van der Waals surface area contributed by atoms with Crippen molar-refractivity contribution < 1.29 is 0 Å². The van der Waals surface area contributed by atoms with E-state index in [-0.39, 0.29) is 0 Å². The minimum absolute atomic E-state index is 0.864. The summed E-state index contributed by atoms with van der Waals surface area (Å²) >= 11 is 0. The standard InChI is InChI=1S/C69H62N2/c1-50-27-29-52(30-28-50)31-32-53-33-38-65(39-34-53)71(63-24-7-4-8-25-63)67-48-60-19-11-12-26-68(60)61(49-67)45-55-16-14-21-59(44-55)69(58-20-13-15-51(2)43-58)46-54-35-40-64(41-36-54)70(62-22-5-3-6-23-62)66-42-37-56-17-9-10-18-57(56)47-66/h3-8,13-16,20-25,27-44,46-49H,9-12,17-19,26,45H2,1-2H3/b32-31-,69-46-. The summed E-state index contributed by atoms with van der Waals surface area (Å²) in [6, 6.07) is 78.9. The molecule has 0 spiro atoms. The van der Waals surface area contributed by atoms with Crippen LogP contribution in [0.5, 0.6) is 0 Å². The Hall–Kier alpha value is -7.94. The van der Waals surface area contributed by atoms with Crippen LogP contribution in [0.4, 0.5) is 34.1 Å². The van der Waals surface area contributed by atoms with Gasteiger partial charge in [0.2, 0.25) is 0 Å². The van der Waals surface area contributed by atoms with Crippen molar-refractivity contribution in [2.45, 2.75) is 71.6 Å².